The molecule has 1 N–H and O–H groups in total. The van der Waals surface area contributed by atoms with Gasteiger partial charge in [0.05, 0.1) is 11.6 Å². The van der Waals surface area contributed by atoms with Crippen LogP contribution in [-0.4, -0.2) is 29.6 Å². The number of anilines is 1. The number of hydrogen-bond acceptors (Lipinski definition) is 3. The highest BCUT2D eigenvalue weighted by atomic mass is 19.4. The summed E-state index contributed by atoms with van der Waals surface area (Å²) >= 11 is 0. The second kappa shape index (κ2) is 6.27. The average molecular weight is 351 g/mol. The van der Waals surface area contributed by atoms with Gasteiger partial charge in [-0.1, -0.05) is 0 Å². The minimum atomic E-state index is -4.35. The maximum absolute atomic E-state index is 12.6. The highest BCUT2D eigenvalue weighted by Gasteiger charge is 2.32. The largest absolute Gasteiger partial charge is 0.416 e. The van der Waals surface area contributed by atoms with Gasteiger partial charge in [-0.3, -0.25) is 9.59 Å². The summed E-state index contributed by atoms with van der Waals surface area (Å²) in [5.74, 6) is -0.338. The number of amides is 1. The number of aryl methyl sites for hydroxylation is 1. The Hall–Kier alpha value is -2.77. The second-order valence-corrected chi connectivity index (χ2v) is 5.98. The molecule has 5 nitrogen and oxygen atoms in total. The first kappa shape index (κ1) is 17.1. The molecular weight excluding hydrogens is 335 g/mol. The van der Waals surface area contributed by atoms with Crippen molar-refractivity contribution >= 4 is 11.6 Å². The summed E-state index contributed by atoms with van der Waals surface area (Å²) in [7, 11) is 1.60. The molecule has 0 atom stereocenters. The van der Waals surface area contributed by atoms with Gasteiger partial charge in [0.25, 0.3) is 11.5 Å². The maximum Gasteiger partial charge on any atom is 0.416 e. The van der Waals surface area contributed by atoms with E-state index in [4.69, 9.17) is 0 Å². The van der Waals surface area contributed by atoms with Crippen LogP contribution in [0, 0.1) is 0 Å². The summed E-state index contributed by atoms with van der Waals surface area (Å²) in [6, 6.07) is 7.63. The molecule has 0 radical (unpaired) electrons. The number of rotatable bonds is 3. The van der Waals surface area contributed by atoms with Crippen LogP contribution in [0.1, 0.15) is 15.9 Å². The van der Waals surface area contributed by atoms with Crippen molar-refractivity contribution in [2.45, 2.75) is 12.2 Å². The van der Waals surface area contributed by atoms with Crippen LogP contribution in [0.2, 0.25) is 0 Å². The molecule has 1 saturated heterocycles. The zero-order chi connectivity index (χ0) is 18.2. The third kappa shape index (κ3) is 3.67. The monoisotopic (exact) mass is 351 g/mol. The van der Waals surface area contributed by atoms with E-state index in [-0.39, 0.29) is 23.1 Å². The van der Waals surface area contributed by atoms with Gasteiger partial charge in [-0.15, -0.1) is 0 Å². The fourth-order valence-electron chi connectivity index (χ4n) is 2.60. The number of pyridine rings is 1. The van der Waals surface area contributed by atoms with E-state index in [9.17, 15) is 22.8 Å². The molecule has 0 aliphatic carbocycles. The van der Waals surface area contributed by atoms with Gasteiger partial charge in [-0.25, -0.2) is 0 Å². The number of carbonyl (C=O) groups excluding carboxylic acids is 1. The predicted molar refractivity (Wildman–Crippen MR) is 86.6 cm³/mol. The van der Waals surface area contributed by atoms with Gasteiger partial charge in [0.15, 0.2) is 0 Å². The van der Waals surface area contributed by atoms with Crippen molar-refractivity contribution in [3.05, 3.63) is 64.1 Å². The van der Waals surface area contributed by atoms with Crippen LogP contribution in [0.4, 0.5) is 18.9 Å². The van der Waals surface area contributed by atoms with Gasteiger partial charge in [0, 0.05) is 43.7 Å². The molecule has 25 heavy (non-hydrogen) atoms. The molecule has 1 fully saturated rings. The Morgan fingerprint density at radius 2 is 1.80 bits per heavy atom. The Morgan fingerprint density at radius 1 is 1.16 bits per heavy atom. The predicted octanol–water partition coefficient (Wildman–Crippen LogP) is 2.02. The van der Waals surface area contributed by atoms with Gasteiger partial charge >= 0.3 is 6.18 Å². The molecule has 1 aliphatic rings. The van der Waals surface area contributed by atoms with Crippen LogP contribution in [0.25, 0.3) is 0 Å². The fraction of sp³-hybridized carbons (Fsp3) is 0.294. The van der Waals surface area contributed by atoms with Crippen molar-refractivity contribution in [3.8, 4) is 0 Å². The summed E-state index contributed by atoms with van der Waals surface area (Å²) < 4.78 is 39.0. The Labute approximate surface area is 141 Å². The molecule has 0 spiro atoms. The number of halogens is 3. The lowest BCUT2D eigenvalue weighted by atomic mass is 10.1. The van der Waals surface area contributed by atoms with Gasteiger partial charge in [0.2, 0.25) is 0 Å². The first-order valence-corrected chi connectivity index (χ1v) is 7.64. The van der Waals surface area contributed by atoms with Crippen LogP contribution in [0.15, 0.2) is 47.4 Å². The van der Waals surface area contributed by atoms with Crippen LogP contribution >= 0.6 is 0 Å². The SMILES string of the molecule is Cn1ccc(C(=O)NC2CN(c3ccc(C(F)(F)F)cc3)C2)cc1=O. The summed E-state index contributed by atoms with van der Waals surface area (Å²) in [6.07, 6.45) is -2.83. The average Bonchev–Trinajstić information content (AvgIpc) is 2.52. The first-order chi connectivity index (χ1) is 11.7. The molecular formula is C17H16F3N3O2. The van der Waals surface area contributed by atoms with Crippen LogP contribution in [0.3, 0.4) is 0 Å². The molecule has 1 aromatic carbocycles. The van der Waals surface area contributed by atoms with Crippen molar-refractivity contribution in [2.24, 2.45) is 7.05 Å². The van der Waals surface area contributed by atoms with Crippen LogP contribution in [0.5, 0.6) is 0 Å². The maximum atomic E-state index is 12.6. The first-order valence-electron chi connectivity index (χ1n) is 7.64. The number of aromatic nitrogens is 1. The standard InChI is InChI=1S/C17H16F3N3O2/c1-22-7-6-11(8-15(22)24)16(25)21-13-9-23(10-13)14-4-2-12(3-5-14)17(18,19)20/h2-8,13H,9-10H2,1H3,(H,21,25). The number of alkyl halides is 3. The fourth-order valence-corrected chi connectivity index (χ4v) is 2.60. The van der Waals surface area contributed by atoms with E-state index in [0.29, 0.717) is 18.8 Å². The lowest BCUT2D eigenvalue weighted by molar-refractivity contribution is -0.137. The number of nitrogens with zero attached hydrogens (tertiary/aromatic N) is 2. The van der Waals surface area contributed by atoms with Crippen molar-refractivity contribution in [1.29, 1.82) is 0 Å². The van der Waals surface area contributed by atoms with Crippen LogP contribution < -0.4 is 15.8 Å². The Bertz CT molecular complexity index is 837. The second-order valence-electron chi connectivity index (χ2n) is 5.98. The van der Waals surface area contributed by atoms with Crippen molar-refractivity contribution in [3.63, 3.8) is 0 Å². The number of hydrogen-bond donors (Lipinski definition) is 1. The Morgan fingerprint density at radius 3 is 2.36 bits per heavy atom. The van der Waals surface area contributed by atoms with Gasteiger partial charge in [-0.05, 0) is 30.3 Å². The zero-order valence-electron chi connectivity index (χ0n) is 13.4. The molecule has 0 saturated carbocycles. The van der Waals surface area contributed by atoms with Crippen molar-refractivity contribution in [2.75, 3.05) is 18.0 Å². The van der Waals surface area contributed by atoms with E-state index in [1.165, 1.54) is 29.0 Å². The minimum Gasteiger partial charge on any atom is -0.367 e. The molecule has 1 aromatic heterocycles. The molecule has 132 valence electrons. The molecule has 2 aromatic rings. The normalized spacial score (nSPS) is 15.0. The van der Waals surface area contributed by atoms with E-state index in [1.54, 1.807) is 13.1 Å². The summed E-state index contributed by atoms with van der Waals surface area (Å²) in [6.45, 7) is 1.00. The lowest BCUT2D eigenvalue weighted by Gasteiger charge is -2.41. The molecule has 1 amide bonds. The summed E-state index contributed by atoms with van der Waals surface area (Å²) in [5.41, 5.74) is 0.00286. The Balaban J connectivity index is 1.56. The molecule has 8 heteroatoms. The van der Waals surface area contributed by atoms with Crippen LogP contribution in [-0.2, 0) is 13.2 Å². The molecule has 1 aliphatic heterocycles. The summed E-state index contributed by atoms with van der Waals surface area (Å²) in [5, 5.41) is 2.81. The van der Waals surface area contributed by atoms with E-state index in [1.807, 2.05) is 4.90 Å². The van der Waals surface area contributed by atoms with E-state index in [0.717, 1.165) is 12.1 Å². The number of benzene rings is 1. The molecule has 2 heterocycles. The van der Waals surface area contributed by atoms with Gasteiger partial charge in [0.1, 0.15) is 0 Å². The zero-order valence-corrected chi connectivity index (χ0v) is 13.4. The summed E-state index contributed by atoms with van der Waals surface area (Å²) in [4.78, 5) is 25.5. The smallest absolute Gasteiger partial charge is 0.367 e. The highest BCUT2D eigenvalue weighted by Crippen LogP contribution is 2.31. The third-order valence-corrected chi connectivity index (χ3v) is 4.14. The Kier molecular flexibility index (Phi) is 4.28. The lowest BCUT2D eigenvalue weighted by Crippen LogP contribution is -2.59. The van der Waals surface area contributed by atoms with Crippen molar-refractivity contribution < 1.29 is 18.0 Å². The molecule has 0 unspecified atom stereocenters. The van der Waals surface area contributed by atoms with E-state index in [2.05, 4.69) is 5.32 Å². The highest BCUT2D eigenvalue weighted by molar-refractivity contribution is 5.94. The van der Waals surface area contributed by atoms with Crippen molar-refractivity contribution in [1.82, 2.24) is 9.88 Å². The van der Waals surface area contributed by atoms with Gasteiger partial charge < -0.3 is 14.8 Å². The topological polar surface area (TPSA) is 54.3 Å². The van der Waals surface area contributed by atoms with E-state index < -0.39 is 11.7 Å². The number of nitrogens with one attached hydrogen (secondary N) is 1. The minimum absolute atomic E-state index is 0.112. The molecule has 0 bridgehead atoms. The number of carbonyl (C=O) groups is 1. The van der Waals surface area contributed by atoms with E-state index >= 15 is 0 Å². The third-order valence-electron chi connectivity index (χ3n) is 4.14. The van der Waals surface area contributed by atoms with Gasteiger partial charge in [-0.2, -0.15) is 13.2 Å². The quantitative estimate of drug-likeness (QED) is 0.921. The molecule has 3 rings (SSSR count).